The Bertz CT molecular complexity index is 1140. The molecule has 1 heterocycles. The van der Waals surface area contributed by atoms with E-state index >= 15 is 0 Å². The summed E-state index contributed by atoms with van der Waals surface area (Å²) in [6.45, 7) is 2.02. The molecule has 4 rings (SSSR count). The predicted octanol–water partition coefficient (Wildman–Crippen LogP) is 4.50. The highest BCUT2D eigenvalue weighted by molar-refractivity contribution is 7.99. The number of benzene rings is 2. The Labute approximate surface area is 203 Å². The third-order valence-corrected chi connectivity index (χ3v) is 6.73. The number of para-hydroxylation sites is 1. The van der Waals surface area contributed by atoms with Gasteiger partial charge in [0.05, 0.1) is 18.4 Å². The second-order valence-corrected chi connectivity index (χ2v) is 9.27. The molecule has 0 spiro atoms. The number of thioether (sulfide) groups is 1. The van der Waals surface area contributed by atoms with E-state index in [4.69, 9.17) is 4.74 Å². The van der Waals surface area contributed by atoms with Gasteiger partial charge in [-0.1, -0.05) is 60.9 Å². The van der Waals surface area contributed by atoms with Crippen molar-refractivity contribution in [3.8, 4) is 22.8 Å². The fourth-order valence-electron chi connectivity index (χ4n) is 4.06. The van der Waals surface area contributed by atoms with Gasteiger partial charge in [-0.2, -0.15) is 0 Å². The van der Waals surface area contributed by atoms with Crippen molar-refractivity contribution in [2.75, 3.05) is 12.9 Å². The number of carbonyl (C=O) groups is 2. The number of amides is 3. The Morgan fingerprint density at radius 1 is 1.06 bits per heavy atom. The number of hydrogen-bond donors (Lipinski definition) is 2. The lowest BCUT2D eigenvalue weighted by Gasteiger charge is -2.22. The van der Waals surface area contributed by atoms with Crippen LogP contribution in [0.5, 0.6) is 5.75 Å². The molecule has 9 heteroatoms. The number of carbonyl (C=O) groups excluding carboxylic acids is 2. The van der Waals surface area contributed by atoms with Crippen LogP contribution < -0.4 is 15.4 Å². The van der Waals surface area contributed by atoms with Crippen molar-refractivity contribution in [1.29, 1.82) is 0 Å². The van der Waals surface area contributed by atoms with Gasteiger partial charge in [-0.15, -0.1) is 10.2 Å². The molecule has 1 aliphatic rings. The molecule has 3 amide bonds. The molecule has 0 radical (unpaired) electrons. The molecule has 1 saturated carbocycles. The molecule has 2 N–H and O–H groups in total. The summed E-state index contributed by atoms with van der Waals surface area (Å²) in [5.41, 5.74) is 2.80. The fraction of sp³-hybridized carbons (Fsp3) is 0.360. The lowest BCUT2D eigenvalue weighted by atomic mass is 9.96. The van der Waals surface area contributed by atoms with E-state index < -0.39 is 6.03 Å². The van der Waals surface area contributed by atoms with Crippen molar-refractivity contribution in [3.05, 3.63) is 54.1 Å². The van der Waals surface area contributed by atoms with Crippen LogP contribution in [0, 0.1) is 6.92 Å². The fourth-order valence-corrected chi connectivity index (χ4v) is 4.81. The van der Waals surface area contributed by atoms with Gasteiger partial charge in [0.2, 0.25) is 5.91 Å². The zero-order valence-electron chi connectivity index (χ0n) is 19.4. The van der Waals surface area contributed by atoms with Gasteiger partial charge in [-0.25, -0.2) is 4.79 Å². The van der Waals surface area contributed by atoms with Gasteiger partial charge in [0.15, 0.2) is 11.0 Å². The van der Waals surface area contributed by atoms with E-state index in [0.717, 1.165) is 42.5 Å². The van der Waals surface area contributed by atoms with Crippen molar-refractivity contribution in [3.63, 3.8) is 0 Å². The number of nitrogens with one attached hydrogen (secondary N) is 2. The quantitative estimate of drug-likeness (QED) is 0.484. The SMILES string of the molecule is COc1ccccc1-c1nnc(SCC(=O)NC(=O)NC2CCCCC2)n1-c1ccc(C)cc1. The minimum Gasteiger partial charge on any atom is -0.496 e. The van der Waals surface area contributed by atoms with E-state index in [-0.39, 0.29) is 17.7 Å². The van der Waals surface area contributed by atoms with E-state index in [2.05, 4.69) is 20.8 Å². The average Bonchev–Trinajstić information content (AvgIpc) is 3.27. The molecule has 0 bridgehead atoms. The van der Waals surface area contributed by atoms with Crippen LogP contribution in [0.25, 0.3) is 17.1 Å². The van der Waals surface area contributed by atoms with Gasteiger partial charge < -0.3 is 10.1 Å². The van der Waals surface area contributed by atoms with E-state index in [9.17, 15) is 9.59 Å². The molecule has 0 saturated heterocycles. The van der Waals surface area contributed by atoms with Gasteiger partial charge in [-0.3, -0.25) is 14.7 Å². The van der Waals surface area contributed by atoms with Crippen LogP contribution in [0.15, 0.2) is 53.7 Å². The Morgan fingerprint density at radius 3 is 2.53 bits per heavy atom. The highest BCUT2D eigenvalue weighted by Crippen LogP contribution is 2.33. The largest absolute Gasteiger partial charge is 0.496 e. The van der Waals surface area contributed by atoms with Crippen LogP contribution in [-0.4, -0.2) is 45.6 Å². The molecule has 34 heavy (non-hydrogen) atoms. The number of rotatable bonds is 7. The van der Waals surface area contributed by atoms with E-state index in [1.54, 1.807) is 7.11 Å². The molecule has 0 atom stereocenters. The maximum atomic E-state index is 12.5. The summed E-state index contributed by atoms with van der Waals surface area (Å²) in [5, 5.41) is 14.6. The molecule has 0 aliphatic heterocycles. The lowest BCUT2D eigenvalue weighted by molar-refractivity contribution is -0.117. The molecule has 1 fully saturated rings. The number of aryl methyl sites for hydroxylation is 1. The number of hydrogen-bond acceptors (Lipinski definition) is 6. The molecule has 3 aromatic rings. The van der Waals surface area contributed by atoms with Crippen LogP contribution in [0.3, 0.4) is 0 Å². The molecule has 178 valence electrons. The first-order chi connectivity index (χ1) is 16.5. The minimum absolute atomic E-state index is 0.0357. The number of ether oxygens (including phenoxy) is 1. The lowest BCUT2D eigenvalue weighted by Crippen LogP contribution is -2.45. The Hall–Kier alpha value is -3.33. The van der Waals surface area contributed by atoms with Gasteiger partial charge in [0, 0.05) is 11.7 Å². The van der Waals surface area contributed by atoms with Crippen molar-refractivity contribution in [2.45, 2.75) is 50.2 Å². The summed E-state index contributed by atoms with van der Waals surface area (Å²) in [6, 6.07) is 15.3. The van der Waals surface area contributed by atoms with E-state index in [1.165, 1.54) is 18.2 Å². The van der Waals surface area contributed by atoms with Crippen LogP contribution in [0.1, 0.15) is 37.7 Å². The second-order valence-electron chi connectivity index (χ2n) is 8.32. The molecular formula is C25H29N5O3S. The van der Waals surface area contributed by atoms with E-state index in [1.807, 2.05) is 60.0 Å². The van der Waals surface area contributed by atoms with Crippen molar-refractivity contribution < 1.29 is 14.3 Å². The number of methoxy groups -OCH3 is 1. The first-order valence-corrected chi connectivity index (χ1v) is 12.4. The van der Waals surface area contributed by atoms with E-state index in [0.29, 0.717) is 16.7 Å². The van der Waals surface area contributed by atoms with Crippen molar-refractivity contribution >= 4 is 23.7 Å². The molecule has 1 aliphatic carbocycles. The van der Waals surface area contributed by atoms with Crippen LogP contribution >= 0.6 is 11.8 Å². The third kappa shape index (κ3) is 5.77. The Morgan fingerprint density at radius 2 is 1.79 bits per heavy atom. The average molecular weight is 480 g/mol. The molecular weight excluding hydrogens is 450 g/mol. The highest BCUT2D eigenvalue weighted by Gasteiger charge is 2.21. The first kappa shape index (κ1) is 23.8. The number of imide groups is 1. The van der Waals surface area contributed by atoms with Crippen LogP contribution in [-0.2, 0) is 4.79 Å². The number of nitrogens with zero attached hydrogens (tertiary/aromatic N) is 3. The van der Waals surface area contributed by atoms with Gasteiger partial charge in [-0.05, 0) is 44.0 Å². The maximum Gasteiger partial charge on any atom is 0.321 e. The second kappa shape index (κ2) is 11.2. The van der Waals surface area contributed by atoms with Crippen LogP contribution in [0.2, 0.25) is 0 Å². The summed E-state index contributed by atoms with van der Waals surface area (Å²) in [7, 11) is 1.61. The van der Waals surface area contributed by atoms with Crippen LogP contribution in [0.4, 0.5) is 4.79 Å². The highest BCUT2D eigenvalue weighted by atomic mass is 32.2. The van der Waals surface area contributed by atoms with Crippen molar-refractivity contribution in [2.24, 2.45) is 0 Å². The van der Waals surface area contributed by atoms with Gasteiger partial charge >= 0.3 is 6.03 Å². The number of aromatic nitrogens is 3. The predicted molar refractivity (Wildman–Crippen MR) is 132 cm³/mol. The van der Waals surface area contributed by atoms with Gasteiger partial charge in [0.25, 0.3) is 0 Å². The topological polar surface area (TPSA) is 98.1 Å². The molecule has 8 nitrogen and oxygen atoms in total. The molecule has 2 aromatic carbocycles. The summed E-state index contributed by atoms with van der Waals surface area (Å²) >= 11 is 1.23. The Kier molecular flexibility index (Phi) is 7.84. The normalized spacial score (nSPS) is 13.9. The molecule has 1 aromatic heterocycles. The minimum atomic E-state index is -0.438. The summed E-state index contributed by atoms with van der Waals surface area (Å²) in [6.07, 6.45) is 5.34. The third-order valence-electron chi connectivity index (χ3n) is 5.80. The first-order valence-electron chi connectivity index (χ1n) is 11.4. The summed E-state index contributed by atoms with van der Waals surface area (Å²) in [4.78, 5) is 24.7. The Balaban J connectivity index is 1.51. The van der Waals surface area contributed by atoms with Gasteiger partial charge in [0.1, 0.15) is 5.75 Å². The zero-order chi connectivity index (χ0) is 23.9. The molecule has 0 unspecified atom stereocenters. The maximum absolute atomic E-state index is 12.5. The standard InChI is InChI=1S/C25H29N5O3S/c1-17-12-14-19(15-13-17)30-23(20-10-6-7-11-21(20)33-2)28-29-25(30)34-16-22(31)27-24(32)26-18-8-4-3-5-9-18/h6-7,10-15,18H,3-5,8-9,16H2,1-2H3,(H2,26,27,31,32). The summed E-state index contributed by atoms with van der Waals surface area (Å²) < 4.78 is 7.43. The number of urea groups is 1. The van der Waals surface area contributed by atoms with Crippen molar-refractivity contribution in [1.82, 2.24) is 25.4 Å². The summed E-state index contributed by atoms with van der Waals surface area (Å²) in [5.74, 6) is 0.945. The zero-order valence-corrected chi connectivity index (χ0v) is 20.2. The smallest absolute Gasteiger partial charge is 0.321 e. The monoisotopic (exact) mass is 479 g/mol.